The predicted octanol–water partition coefficient (Wildman–Crippen LogP) is 0.702. The van der Waals surface area contributed by atoms with Gasteiger partial charge >= 0.3 is 0 Å². The number of benzene rings is 1. The Kier molecular flexibility index (Phi) is 4.08. The van der Waals surface area contributed by atoms with Crippen molar-refractivity contribution in [1.82, 2.24) is 10.2 Å². The highest BCUT2D eigenvalue weighted by Gasteiger charge is 2.17. The van der Waals surface area contributed by atoms with E-state index in [9.17, 15) is 4.79 Å². The minimum atomic E-state index is 0.0181. The lowest BCUT2D eigenvalue weighted by Crippen LogP contribution is -2.51. The second-order valence-corrected chi connectivity index (χ2v) is 4.23. The Labute approximate surface area is 96.5 Å². The van der Waals surface area contributed by atoms with Gasteiger partial charge in [0.1, 0.15) is 6.29 Å². The van der Waals surface area contributed by atoms with E-state index in [0.717, 1.165) is 38.9 Å². The van der Waals surface area contributed by atoms with Gasteiger partial charge in [-0.1, -0.05) is 30.3 Å². The maximum Gasteiger partial charge on any atom is 0.138 e. The molecule has 1 aromatic carbocycles. The van der Waals surface area contributed by atoms with Crippen LogP contribution >= 0.6 is 0 Å². The van der Waals surface area contributed by atoms with E-state index < -0.39 is 0 Å². The number of nitrogens with one attached hydrogen (secondary N) is 1. The van der Waals surface area contributed by atoms with Gasteiger partial charge in [-0.25, -0.2) is 0 Å². The lowest BCUT2D eigenvalue weighted by atomic mass is 10.1. The summed E-state index contributed by atoms with van der Waals surface area (Å²) in [5.41, 5.74) is 1.36. The van der Waals surface area contributed by atoms with E-state index in [4.69, 9.17) is 0 Å². The second-order valence-electron chi connectivity index (χ2n) is 4.23. The molecule has 0 radical (unpaired) electrons. The van der Waals surface area contributed by atoms with Gasteiger partial charge in [0.25, 0.3) is 0 Å². The molecule has 0 bridgehead atoms. The monoisotopic (exact) mass is 218 g/mol. The molecule has 0 spiro atoms. The summed E-state index contributed by atoms with van der Waals surface area (Å²) in [5.74, 6) is 0. The van der Waals surface area contributed by atoms with Crippen LogP contribution in [0.1, 0.15) is 5.56 Å². The minimum Gasteiger partial charge on any atom is -0.305 e. The van der Waals surface area contributed by atoms with Crippen molar-refractivity contribution in [2.45, 2.75) is 12.5 Å². The fraction of sp³-hybridized carbons (Fsp3) is 0.462. The number of aldehydes is 1. The molecule has 0 saturated carbocycles. The van der Waals surface area contributed by atoms with E-state index in [-0.39, 0.29) is 6.04 Å². The second kappa shape index (κ2) is 5.77. The van der Waals surface area contributed by atoms with Crippen LogP contribution in [0.4, 0.5) is 0 Å². The molecule has 1 aliphatic rings. The Balaban J connectivity index is 1.79. The van der Waals surface area contributed by atoms with Crippen LogP contribution in [0.15, 0.2) is 30.3 Å². The van der Waals surface area contributed by atoms with E-state index in [2.05, 4.69) is 34.5 Å². The Bertz CT molecular complexity index is 326. The summed E-state index contributed by atoms with van der Waals surface area (Å²) in [6, 6.07) is 10.5. The Hall–Kier alpha value is -1.19. The molecule has 1 heterocycles. The van der Waals surface area contributed by atoms with Crippen molar-refractivity contribution in [1.29, 1.82) is 0 Å². The Morgan fingerprint density at radius 2 is 2.19 bits per heavy atom. The highest BCUT2D eigenvalue weighted by molar-refractivity contribution is 5.58. The first-order chi connectivity index (χ1) is 7.88. The van der Waals surface area contributed by atoms with Crippen molar-refractivity contribution in [2.24, 2.45) is 0 Å². The quantitative estimate of drug-likeness (QED) is 0.755. The summed E-state index contributed by atoms with van der Waals surface area (Å²) in [4.78, 5) is 13.0. The van der Waals surface area contributed by atoms with Crippen LogP contribution in [-0.2, 0) is 11.2 Å². The van der Waals surface area contributed by atoms with Gasteiger partial charge in [0.15, 0.2) is 0 Å². The molecular weight excluding hydrogens is 200 g/mol. The first kappa shape index (κ1) is 11.3. The number of hydrogen-bond donors (Lipinski definition) is 1. The highest BCUT2D eigenvalue weighted by Crippen LogP contribution is 2.03. The number of hydrogen-bond acceptors (Lipinski definition) is 3. The van der Waals surface area contributed by atoms with Gasteiger partial charge < -0.3 is 10.1 Å². The number of piperazine rings is 1. The zero-order chi connectivity index (χ0) is 11.2. The van der Waals surface area contributed by atoms with Crippen molar-refractivity contribution < 1.29 is 4.79 Å². The van der Waals surface area contributed by atoms with E-state index in [0.29, 0.717) is 0 Å². The SMILES string of the molecule is O=CC1CN(CCc2ccccc2)CCN1. The molecule has 1 aromatic rings. The fourth-order valence-corrected chi connectivity index (χ4v) is 2.07. The largest absolute Gasteiger partial charge is 0.305 e. The molecule has 3 heteroatoms. The third kappa shape index (κ3) is 3.15. The summed E-state index contributed by atoms with van der Waals surface area (Å²) in [6.07, 6.45) is 2.07. The zero-order valence-electron chi connectivity index (χ0n) is 9.43. The van der Waals surface area contributed by atoms with Gasteiger partial charge in [0.05, 0.1) is 6.04 Å². The molecule has 1 aliphatic heterocycles. The number of carbonyl (C=O) groups excluding carboxylic acids is 1. The van der Waals surface area contributed by atoms with Gasteiger partial charge in [0, 0.05) is 26.2 Å². The third-order valence-electron chi connectivity index (χ3n) is 3.01. The predicted molar refractivity (Wildman–Crippen MR) is 64.4 cm³/mol. The summed E-state index contributed by atoms with van der Waals surface area (Å²) >= 11 is 0. The van der Waals surface area contributed by atoms with Crippen LogP contribution < -0.4 is 5.32 Å². The lowest BCUT2D eigenvalue weighted by Gasteiger charge is -2.30. The van der Waals surface area contributed by atoms with E-state index in [1.807, 2.05) is 6.07 Å². The van der Waals surface area contributed by atoms with Gasteiger partial charge in [-0.05, 0) is 12.0 Å². The van der Waals surface area contributed by atoms with E-state index in [1.165, 1.54) is 5.56 Å². The molecule has 0 amide bonds. The molecule has 3 nitrogen and oxygen atoms in total. The van der Waals surface area contributed by atoms with Crippen LogP contribution in [0.2, 0.25) is 0 Å². The third-order valence-corrected chi connectivity index (χ3v) is 3.01. The molecule has 1 fully saturated rings. The van der Waals surface area contributed by atoms with Crippen LogP contribution in [0, 0.1) is 0 Å². The summed E-state index contributed by atoms with van der Waals surface area (Å²) in [6.45, 7) is 3.84. The first-order valence-electron chi connectivity index (χ1n) is 5.83. The van der Waals surface area contributed by atoms with Gasteiger partial charge in [-0.15, -0.1) is 0 Å². The van der Waals surface area contributed by atoms with Crippen LogP contribution in [0.3, 0.4) is 0 Å². The summed E-state index contributed by atoms with van der Waals surface area (Å²) in [5, 5.41) is 3.19. The molecule has 0 aliphatic carbocycles. The van der Waals surface area contributed by atoms with Gasteiger partial charge in [0.2, 0.25) is 0 Å². The summed E-state index contributed by atoms with van der Waals surface area (Å²) < 4.78 is 0. The lowest BCUT2D eigenvalue weighted by molar-refractivity contribution is -0.110. The van der Waals surface area contributed by atoms with Crippen molar-refractivity contribution in [3.8, 4) is 0 Å². The molecule has 16 heavy (non-hydrogen) atoms. The average molecular weight is 218 g/mol. The van der Waals surface area contributed by atoms with Crippen molar-refractivity contribution in [2.75, 3.05) is 26.2 Å². The maximum atomic E-state index is 10.7. The highest BCUT2D eigenvalue weighted by atomic mass is 16.1. The minimum absolute atomic E-state index is 0.0181. The van der Waals surface area contributed by atoms with E-state index in [1.54, 1.807) is 0 Å². The smallest absolute Gasteiger partial charge is 0.138 e. The Morgan fingerprint density at radius 1 is 1.38 bits per heavy atom. The molecule has 1 saturated heterocycles. The van der Waals surface area contributed by atoms with Gasteiger partial charge in [-0.3, -0.25) is 4.90 Å². The normalized spacial score (nSPS) is 21.9. The first-order valence-corrected chi connectivity index (χ1v) is 5.83. The number of rotatable bonds is 4. The van der Waals surface area contributed by atoms with Crippen molar-refractivity contribution >= 4 is 6.29 Å². The molecule has 86 valence electrons. The number of nitrogens with zero attached hydrogens (tertiary/aromatic N) is 1. The van der Waals surface area contributed by atoms with Crippen LogP contribution in [-0.4, -0.2) is 43.4 Å². The molecule has 1 atom stereocenters. The topological polar surface area (TPSA) is 32.3 Å². The number of carbonyl (C=O) groups is 1. The molecule has 0 aromatic heterocycles. The molecule has 1 unspecified atom stereocenters. The Morgan fingerprint density at radius 3 is 2.94 bits per heavy atom. The van der Waals surface area contributed by atoms with Crippen molar-refractivity contribution in [3.05, 3.63) is 35.9 Å². The van der Waals surface area contributed by atoms with E-state index >= 15 is 0 Å². The zero-order valence-corrected chi connectivity index (χ0v) is 9.43. The van der Waals surface area contributed by atoms with Crippen molar-refractivity contribution in [3.63, 3.8) is 0 Å². The fourth-order valence-electron chi connectivity index (χ4n) is 2.07. The molecule has 1 N–H and O–H groups in total. The average Bonchev–Trinajstić information content (AvgIpc) is 2.38. The van der Waals surface area contributed by atoms with Gasteiger partial charge in [-0.2, -0.15) is 0 Å². The maximum absolute atomic E-state index is 10.7. The van der Waals surface area contributed by atoms with Crippen LogP contribution in [0.25, 0.3) is 0 Å². The molecular formula is C13H18N2O. The van der Waals surface area contributed by atoms with Crippen LogP contribution in [0.5, 0.6) is 0 Å². The molecule has 2 rings (SSSR count). The summed E-state index contributed by atoms with van der Waals surface area (Å²) in [7, 11) is 0. The standard InChI is InChI=1S/C13H18N2O/c16-11-13-10-15(9-7-14-13)8-6-12-4-2-1-3-5-12/h1-5,11,13-14H,6-10H2.